The summed E-state index contributed by atoms with van der Waals surface area (Å²) in [4.78, 5) is 8.24. The van der Waals surface area contributed by atoms with Gasteiger partial charge in [-0.1, -0.05) is 28.1 Å². The highest BCUT2D eigenvalue weighted by Crippen LogP contribution is 2.37. The lowest BCUT2D eigenvalue weighted by Crippen LogP contribution is -2.17. The Morgan fingerprint density at radius 2 is 1.53 bits per heavy atom. The minimum atomic E-state index is -4.75. The van der Waals surface area contributed by atoms with Crippen LogP contribution in [0.15, 0.2) is 70.0 Å². The van der Waals surface area contributed by atoms with E-state index in [9.17, 15) is 21.6 Å². The Kier molecular flexibility index (Phi) is 6.12. The number of fused-ring (bicyclic) bond motifs is 2. The van der Waals surface area contributed by atoms with Crippen molar-refractivity contribution in [2.75, 3.05) is 23.3 Å². The minimum Gasteiger partial charge on any atom is -0.486 e. The molecule has 1 aliphatic rings. The van der Waals surface area contributed by atoms with Crippen molar-refractivity contribution >= 4 is 54.3 Å². The van der Waals surface area contributed by atoms with E-state index >= 15 is 0 Å². The highest BCUT2D eigenvalue weighted by atomic mass is 79.9. The highest BCUT2D eigenvalue weighted by molar-refractivity contribution is 9.10. The molecule has 0 spiro atoms. The van der Waals surface area contributed by atoms with Gasteiger partial charge in [0.1, 0.15) is 13.2 Å². The summed E-state index contributed by atoms with van der Waals surface area (Å²) in [5.41, 5.74) is 0.245. The topological polar surface area (TPSA) is 102 Å². The van der Waals surface area contributed by atoms with Crippen molar-refractivity contribution in [3.63, 3.8) is 0 Å². The van der Waals surface area contributed by atoms with Crippen molar-refractivity contribution in [2.45, 2.75) is 11.1 Å². The number of rotatable bonds is 5. The van der Waals surface area contributed by atoms with Crippen LogP contribution in [0, 0.1) is 0 Å². The fraction of sp³-hybridized carbons (Fsp3) is 0.130. The number of aromatic nitrogens is 2. The molecule has 4 aromatic rings. The van der Waals surface area contributed by atoms with Gasteiger partial charge in [0.25, 0.3) is 10.0 Å². The fourth-order valence-corrected chi connectivity index (χ4v) is 5.00. The molecule has 0 bridgehead atoms. The van der Waals surface area contributed by atoms with Gasteiger partial charge in [-0.15, -0.1) is 0 Å². The standard InChI is InChI=1S/C23H16BrF3N4O4S/c24-16-7-6-14(12-15(16)23(25,26)27)36(32,33)31-22-21(29-17-3-1-2-4-18(17)30-22)28-13-5-8-19-20(11-13)35-10-9-34-19/h1-8,11-12H,9-10H2,(H,28,29)(H,30,31). The number of para-hydroxylation sites is 2. The average molecular weight is 581 g/mol. The maximum Gasteiger partial charge on any atom is 0.417 e. The van der Waals surface area contributed by atoms with Gasteiger partial charge in [-0.3, -0.25) is 4.72 Å². The molecular formula is C23H16BrF3N4O4S. The zero-order chi connectivity index (χ0) is 25.5. The predicted octanol–water partition coefficient (Wildman–Crippen LogP) is 5.73. The van der Waals surface area contributed by atoms with Crippen LogP contribution in [0.3, 0.4) is 0 Å². The number of halogens is 4. The summed E-state index contributed by atoms with van der Waals surface area (Å²) < 4.78 is 79.3. The molecule has 0 unspecified atom stereocenters. The van der Waals surface area contributed by atoms with Crippen molar-refractivity contribution < 1.29 is 31.1 Å². The molecule has 1 aliphatic heterocycles. The highest BCUT2D eigenvalue weighted by Gasteiger charge is 2.34. The summed E-state index contributed by atoms with van der Waals surface area (Å²) in [6.45, 7) is 0.804. The normalized spacial score (nSPS) is 13.4. The SMILES string of the molecule is O=S(=O)(Nc1nc2ccccc2nc1Nc1ccc2c(c1)OCCO2)c1ccc(Br)c(C(F)(F)F)c1. The van der Waals surface area contributed by atoms with Gasteiger partial charge in [-0.05, 0) is 42.5 Å². The Morgan fingerprint density at radius 1 is 0.861 bits per heavy atom. The number of nitrogens with one attached hydrogen (secondary N) is 2. The van der Waals surface area contributed by atoms with E-state index in [1.807, 2.05) is 0 Å². The lowest BCUT2D eigenvalue weighted by molar-refractivity contribution is -0.138. The number of nitrogens with zero attached hydrogens (tertiary/aromatic N) is 2. The summed E-state index contributed by atoms with van der Waals surface area (Å²) in [7, 11) is -4.47. The monoisotopic (exact) mass is 580 g/mol. The van der Waals surface area contributed by atoms with Crippen molar-refractivity contribution in [3.05, 3.63) is 70.7 Å². The minimum absolute atomic E-state index is 0.0436. The van der Waals surface area contributed by atoms with Gasteiger partial charge in [0.05, 0.1) is 21.5 Å². The first kappa shape index (κ1) is 24.1. The zero-order valence-corrected chi connectivity index (χ0v) is 20.5. The first-order chi connectivity index (χ1) is 17.1. The van der Waals surface area contributed by atoms with Gasteiger partial charge >= 0.3 is 6.18 Å². The van der Waals surface area contributed by atoms with Crippen LogP contribution in [0.4, 0.5) is 30.5 Å². The molecule has 0 radical (unpaired) electrons. The van der Waals surface area contributed by atoms with Gasteiger partial charge < -0.3 is 14.8 Å². The third-order valence-electron chi connectivity index (χ3n) is 5.16. The molecule has 0 saturated carbocycles. The molecule has 3 aromatic carbocycles. The molecule has 2 N–H and O–H groups in total. The van der Waals surface area contributed by atoms with Crippen LogP contribution >= 0.6 is 15.9 Å². The Labute approximate surface area is 211 Å². The number of sulfonamides is 1. The van der Waals surface area contributed by atoms with E-state index in [2.05, 4.69) is 35.9 Å². The van der Waals surface area contributed by atoms with E-state index in [-0.39, 0.29) is 16.1 Å². The Bertz CT molecular complexity index is 1580. The van der Waals surface area contributed by atoms with Gasteiger partial charge in [-0.2, -0.15) is 13.2 Å². The molecule has 13 heteroatoms. The fourth-order valence-electron chi connectivity index (χ4n) is 3.49. The molecule has 0 fully saturated rings. The van der Waals surface area contributed by atoms with Crippen molar-refractivity contribution in [3.8, 4) is 11.5 Å². The van der Waals surface area contributed by atoms with E-state index in [1.54, 1.807) is 42.5 Å². The summed E-state index contributed by atoms with van der Waals surface area (Å²) >= 11 is 2.82. The summed E-state index contributed by atoms with van der Waals surface area (Å²) in [5, 5.41) is 3.01. The molecule has 36 heavy (non-hydrogen) atoms. The van der Waals surface area contributed by atoms with Crippen LogP contribution in [0.5, 0.6) is 11.5 Å². The lowest BCUT2D eigenvalue weighted by atomic mass is 10.2. The van der Waals surface area contributed by atoms with Gasteiger partial charge in [0.15, 0.2) is 23.1 Å². The zero-order valence-electron chi connectivity index (χ0n) is 18.1. The number of alkyl halides is 3. The smallest absolute Gasteiger partial charge is 0.417 e. The predicted molar refractivity (Wildman–Crippen MR) is 130 cm³/mol. The largest absolute Gasteiger partial charge is 0.486 e. The molecule has 0 saturated heterocycles. The molecule has 2 heterocycles. The number of hydrogen-bond donors (Lipinski definition) is 2. The van der Waals surface area contributed by atoms with E-state index in [4.69, 9.17) is 9.47 Å². The molecule has 0 aliphatic carbocycles. The summed E-state index contributed by atoms with van der Waals surface area (Å²) in [6, 6.07) is 14.4. The van der Waals surface area contributed by atoms with Gasteiger partial charge in [0, 0.05) is 16.2 Å². The summed E-state index contributed by atoms with van der Waals surface area (Å²) in [5.74, 6) is 0.909. The maximum atomic E-state index is 13.3. The Balaban J connectivity index is 1.55. The van der Waals surface area contributed by atoms with Crippen LogP contribution in [0.1, 0.15) is 5.56 Å². The number of hydrogen-bond acceptors (Lipinski definition) is 7. The third kappa shape index (κ3) is 4.88. The van der Waals surface area contributed by atoms with Crippen LogP contribution in [-0.4, -0.2) is 31.6 Å². The van der Waals surface area contributed by atoms with Gasteiger partial charge in [-0.25, -0.2) is 18.4 Å². The second-order valence-electron chi connectivity index (χ2n) is 7.64. The third-order valence-corrected chi connectivity index (χ3v) is 7.19. The van der Waals surface area contributed by atoms with Crippen LogP contribution in [-0.2, 0) is 16.2 Å². The van der Waals surface area contributed by atoms with E-state index in [1.165, 1.54) is 0 Å². The van der Waals surface area contributed by atoms with Gasteiger partial charge in [0.2, 0.25) is 0 Å². The van der Waals surface area contributed by atoms with Crippen LogP contribution in [0.25, 0.3) is 11.0 Å². The van der Waals surface area contributed by atoms with E-state index < -0.39 is 26.7 Å². The number of benzene rings is 3. The Morgan fingerprint density at radius 3 is 2.22 bits per heavy atom. The van der Waals surface area contributed by atoms with Crippen LogP contribution in [0.2, 0.25) is 0 Å². The maximum absolute atomic E-state index is 13.3. The first-order valence-electron chi connectivity index (χ1n) is 10.4. The lowest BCUT2D eigenvalue weighted by Gasteiger charge is -2.19. The van der Waals surface area contributed by atoms with Crippen molar-refractivity contribution in [2.24, 2.45) is 0 Å². The molecule has 0 amide bonds. The average Bonchev–Trinajstić information content (AvgIpc) is 2.83. The molecule has 1 aromatic heterocycles. The molecule has 0 atom stereocenters. The van der Waals surface area contributed by atoms with E-state index in [0.29, 0.717) is 47.5 Å². The number of ether oxygens (including phenoxy) is 2. The quantitative estimate of drug-likeness (QED) is 0.311. The second kappa shape index (κ2) is 9.13. The molecule has 5 rings (SSSR count). The number of anilines is 3. The summed E-state index contributed by atoms with van der Waals surface area (Å²) in [6.07, 6.45) is -4.75. The van der Waals surface area contributed by atoms with Crippen molar-refractivity contribution in [1.82, 2.24) is 9.97 Å². The molecule has 186 valence electrons. The second-order valence-corrected chi connectivity index (χ2v) is 10.2. The van der Waals surface area contributed by atoms with Crippen molar-refractivity contribution in [1.29, 1.82) is 0 Å². The van der Waals surface area contributed by atoms with Crippen LogP contribution < -0.4 is 19.5 Å². The molecule has 8 nitrogen and oxygen atoms in total. The van der Waals surface area contributed by atoms with E-state index in [0.717, 1.165) is 12.1 Å². The first-order valence-corrected chi connectivity index (χ1v) is 12.7. The molecular weight excluding hydrogens is 565 g/mol. The Hall–Kier alpha value is -3.58.